The number of ether oxygens (including phenoxy) is 1. The van der Waals surface area contributed by atoms with E-state index in [-0.39, 0.29) is 6.73 Å². The molecule has 4 aromatic rings. The lowest BCUT2D eigenvalue weighted by atomic mass is 10.1. The topological polar surface area (TPSA) is 52.8 Å². The minimum absolute atomic E-state index is 0.285. The number of fused-ring (bicyclic) bond motifs is 1. The molecule has 5 nitrogen and oxygen atoms in total. The summed E-state index contributed by atoms with van der Waals surface area (Å²) in [6.07, 6.45) is 3.36. The molecule has 0 radical (unpaired) electrons. The maximum Gasteiger partial charge on any atom is 0.159 e. The lowest BCUT2D eigenvalue weighted by Crippen LogP contribution is -2.22. The third-order valence-corrected chi connectivity index (χ3v) is 7.14. The molecule has 0 saturated carbocycles. The molecule has 166 valence electrons. The summed E-state index contributed by atoms with van der Waals surface area (Å²) in [4.78, 5) is 13.6. The molecule has 0 atom stereocenters. The maximum absolute atomic E-state index is 14.0. The fourth-order valence-corrected chi connectivity index (χ4v) is 4.33. The van der Waals surface area contributed by atoms with Gasteiger partial charge in [0.05, 0.1) is 34.4 Å². The van der Waals surface area contributed by atoms with E-state index >= 15 is 0 Å². The molecule has 0 amide bonds. The van der Waals surface area contributed by atoms with Crippen LogP contribution < -0.4 is 0 Å². The van der Waals surface area contributed by atoms with E-state index in [0.717, 1.165) is 28.2 Å². The van der Waals surface area contributed by atoms with Gasteiger partial charge in [-0.1, -0.05) is 19.6 Å². The summed E-state index contributed by atoms with van der Waals surface area (Å²) in [5.74, 6) is -1.82. The zero-order valence-electron chi connectivity index (χ0n) is 18.1. The van der Waals surface area contributed by atoms with E-state index in [1.54, 1.807) is 12.5 Å². The second kappa shape index (κ2) is 9.17. The minimum Gasteiger partial charge on any atom is -0.361 e. The van der Waals surface area contributed by atoms with Gasteiger partial charge in [-0.3, -0.25) is 4.98 Å². The van der Waals surface area contributed by atoms with Crippen LogP contribution in [0.4, 0.5) is 8.78 Å². The molecule has 0 aliphatic rings. The van der Waals surface area contributed by atoms with Gasteiger partial charge in [0.25, 0.3) is 0 Å². The first kappa shape index (κ1) is 22.7. The summed E-state index contributed by atoms with van der Waals surface area (Å²) in [5.41, 5.74) is 3.75. The van der Waals surface area contributed by atoms with Crippen LogP contribution >= 0.6 is 15.9 Å². The van der Waals surface area contributed by atoms with Crippen LogP contribution in [0.1, 0.15) is 0 Å². The lowest BCUT2D eigenvalue weighted by Gasteiger charge is -2.16. The number of benzene rings is 1. The Morgan fingerprint density at radius 3 is 2.56 bits per heavy atom. The second-order valence-electron chi connectivity index (χ2n) is 8.78. The van der Waals surface area contributed by atoms with Crippen molar-refractivity contribution in [3.63, 3.8) is 0 Å². The van der Waals surface area contributed by atoms with Crippen LogP contribution in [-0.4, -0.2) is 34.2 Å². The van der Waals surface area contributed by atoms with Crippen LogP contribution in [-0.2, 0) is 11.5 Å². The average molecular weight is 517 g/mol. The van der Waals surface area contributed by atoms with Crippen LogP contribution in [0.15, 0.2) is 53.4 Å². The summed E-state index contributed by atoms with van der Waals surface area (Å²) < 4.78 is 36.1. The van der Waals surface area contributed by atoms with Gasteiger partial charge in [0, 0.05) is 30.9 Å². The van der Waals surface area contributed by atoms with Crippen LogP contribution in [0.5, 0.6) is 0 Å². The van der Waals surface area contributed by atoms with Gasteiger partial charge in [-0.25, -0.2) is 18.7 Å². The number of imidazole rings is 1. The van der Waals surface area contributed by atoms with Crippen LogP contribution in [0.3, 0.4) is 0 Å². The summed E-state index contributed by atoms with van der Waals surface area (Å²) in [6, 6.07) is 10.4. The van der Waals surface area contributed by atoms with Crippen LogP contribution in [0.25, 0.3) is 33.7 Å². The van der Waals surface area contributed by atoms with Crippen molar-refractivity contribution in [2.45, 2.75) is 32.4 Å². The smallest absolute Gasteiger partial charge is 0.159 e. The van der Waals surface area contributed by atoms with Gasteiger partial charge in [-0.15, -0.1) is 0 Å². The molecule has 9 heteroatoms. The van der Waals surface area contributed by atoms with E-state index in [0.29, 0.717) is 34.8 Å². The minimum atomic E-state index is -1.22. The summed E-state index contributed by atoms with van der Waals surface area (Å²) in [5, 5.41) is 0. The Kier molecular flexibility index (Phi) is 6.50. The Hall–Kier alpha value is -2.49. The molecule has 3 aromatic heterocycles. The highest BCUT2D eigenvalue weighted by Crippen LogP contribution is 2.32. The first-order valence-electron chi connectivity index (χ1n) is 10.2. The number of halogens is 3. The highest BCUT2D eigenvalue weighted by Gasteiger charge is 2.19. The zero-order chi connectivity index (χ0) is 22.9. The van der Waals surface area contributed by atoms with E-state index in [1.165, 1.54) is 6.07 Å². The van der Waals surface area contributed by atoms with Gasteiger partial charge in [0.15, 0.2) is 11.6 Å². The Morgan fingerprint density at radius 1 is 1.00 bits per heavy atom. The normalized spacial score (nSPS) is 11.9. The average Bonchev–Trinajstić information content (AvgIpc) is 3.16. The Balaban J connectivity index is 1.76. The largest absolute Gasteiger partial charge is 0.361 e. The lowest BCUT2D eigenvalue weighted by molar-refractivity contribution is 0.0882. The SMILES string of the molecule is C[Si](C)(C)CCOCn1cnc(-c2ccc(F)c(F)c2)c1-c1ccc2ncc(Br)cc2n1. The van der Waals surface area contributed by atoms with E-state index in [2.05, 4.69) is 45.5 Å². The van der Waals surface area contributed by atoms with Gasteiger partial charge in [-0.05, 0) is 58.4 Å². The molecule has 0 N–H and O–H groups in total. The summed E-state index contributed by atoms with van der Waals surface area (Å²) in [7, 11) is -1.22. The van der Waals surface area contributed by atoms with Gasteiger partial charge in [0.2, 0.25) is 0 Å². The maximum atomic E-state index is 14.0. The molecule has 0 aliphatic carbocycles. The molecule has 0 saturated heterocycles. The molecule has 4 rings (SSSR count). The van der Waals surface area contributed by atoms with Crippen molar-refractivity contribution < 1.29 is 13.5 Å². The van der Waals surface area contributed by atoms with Crippen LogP contribution in [0, 0.1) is 11.6 Å². The molecular formula is C23H23BrF2N4OSi. The summed E-state index contributed by atoms with van der Waals surface area (Å²) in [6.45, 7) is 7.82. The number of pyridine rings is 2. The summed E-state index contributed by atoms with van der Waals surface area (Å²) >= 11 is 3.43. The molecule has 1 aromatic carbocycles. The molecule has 0 spiro atoms. The molecular weight excluding hydrogens is 494 g/mol. The van der Waals surface area contributed by atoms with Crippen molar-refractivity contribution in [3.05, 3.63) is 65.0 Å². The monoisotopic (exact) mass is 516 g/mol. The van der Waals surface area contributed by atoms with E-state index in [4.69, 9.17) is 9.72 Å². The van der Waals surface area contributed by atoms with Gasteiger partial charge in [0.1, 0.15) is 6.73 Å². The van der Waals surface area contributed by atoms with Crippen molar-refractivity contribution in [1.82, 2.24) is 19.5 Å². The standard InChI is InChI=1S/C23H23BrF2N4OSi/c1-32(2,3)9-8-31-14-30-13-28-22(15-4-5-17(25)18(26)10-15)23(30)20-7-6-19-21(29-20)11-16(24)12-27-19/h4-7,10-13H,8-9,14H2,1-3H3. The van der Waals surface area contributed by atoms with Crippen molar-refractivity contribution in [2.75, 3.05) is 6.61 Å². The molecule has 3 heterocycles. The number of nitrogens with zero attached hydrogens (tertiary/aromatic N) is 4. The van der Waals surface area contributed by atoms with E-state index < -0.39 is 19.7 Å². The molecule has 0 aliphatic heterocycles. The predicted molar refractivity (Wildman–Crippen MR) is 128 cm³/mol. The molecule has 0 bridgehead atoms. The third-order valence-electron chi connectivity index (χ3n) is 5.00. The Morgan fingerprint density at radius 2 is 1.81 bits per heavy atom. The number of hydrogen-bond donors (Lipinski definition) is 0. The highest BCUT2D eigenvalue weighted by atomic mass is 79.9. The first-order chi connectivity index (χ1) is 15.2. The second-order valence-corrected chi connectivity index (χ2v) is 15.3. The fourth-order valence-electron chi connectivity index (χ4n) is 3.26. The highest BCUT2D eigenvalue weighted by molar-refractivity contribution is 9.10. The molecule has 0 fully saturated rings. The van der Waals surface area contributed by atoms with Crippen molar-refractivity contribution in [3.8, 4) is 22.6 Å². The van der Waals surface area contributed by atoms with Gasteiger partial charge < -0.3 is 9.30 Å². The predicted octanol–water partition coefficient (Wildman–Crippen LogP) is 6.51. The Bertz CT molecular complexity index is 1270. The quantitative estimate of drug-likeness (QED) is 0.207. The zero-order valence-corrected chi connectivity index (χ0v) is 20.7. The number of rotatable bonds is 7. The molecule has 32 heavy (non-hydrogen) atoms. The third kappa shape index (κ3) is 5.11. The van der Waals surface area contributed by atoms with Gasteiger partial charge >= 0.3 is 0 Å². The fraction of sp³-hybridized carbons (Fsp3) is 0.261. The molecule has 0 unspecified atom stereocenters. The van der Waals surface area contributed by atoms with Crippen molar-refractivity contribution >= 4 is 35.0 Å². The number of hydrogen-bond acceptors (Lipinski definition) is 4. The number of aromatic nitrogens is 4. The van der Waals surface area contributed by atoms with E-state index in [9.17, 15) is 8.78 Å². The van der Waals surface area contributed by atoms with Crippen molar-refractivity contribution in [1.29, 1.82) is 0 Å². The van der Waals surface area contributed by atoms with E-state index in [1.807, 2.05) is 22.8 Å². The Labute approximate surface area is 194 Å². The van der Waals surface area contributed by atoms with Crippen LogP contribution in [0.2, 0.25) is 25.7 Å². The first-order valence-corrected chi connectivity index (χ1v) is 14.7. The van der Waals surface area contributed by atoms with Crippen molar-refractivity contribution in [2.24, 2.45) is 0 Å². The van der Waals surface area contributed by atoms with Gasteiger partial charge in [-0.2, -0.15) is 0 Å².